The van der Waals surface area contributed by atoms with E-state index in [1.807, 2.05) is 0 Å². The van der Waals surface area contributed by atoms with E-state index in [2.05, 4.69) is 15.0 Å². The molecule has 0 atom stereocenters. The van der Waals surface area contributed by atoms with Gasteiger partial charge in [-0.25, -0.2) is 4.98 Å². The predicted molar refractivity (Wildman–Crippen MR) is 88.1 cm³/mol. The van der Waals surface area contributed by atoms with Gasteiger partial charge in [0.25, 0.3) is 0 Å². The zero-order valence-electron chi connectivity index (χ0n) is 13.8. The van der Waals surface area contributed by atoms with Crippen molar-refractivity contribution in [2.75, 3.05) is 31.3 Å². The molecule has 6 N–H and O–H groups in total. The van der Waals surface area contributed by atoms with Gasteiger partial charge < -0.3 is 40.0 Å². The van der Waals surface area contributed by atoms with Crippen molar-refractivity contribution in [2.45, 2.75) is 26.1 Å². The molecule has 25 heavy (non-hydrogen) atoms. The van der Waals surface area contributed by atoms with E-state index in [0.29, 0.717) is 11.2 Å². The van der Waals surface area contributed by atoms with Crippen molar-refractivity contribution in [3.63, 3.8) is 0 Å². The lowest BCUT2D eigenvalue weighted by Gasteiger charge is -2.32. The van der Waals surface area contributed by atoms with Crippen LogP contribution in [0.25, 0.3) is 11.2 Å². The van der Waals surface area contributed by atoms with E-state index >= 15 is 0 Å². The zero-order valence-corrected chi connectivity index (χ0v) is 14.7. The van der Waals surface area contributed by atoms with Crippen molar-refractivity contribution in [3.8, 4) is 0 Å². The molecular formula is C12H21N6O6P. The number of nitrogens with zero attached hydrogens (tertiary/aromatic N) is 4. The van der Waals surface area contributed by atoms with E-state index in [1.165, 1.54) is 6.33 Å². The van der Waals surface area contributed by atoms with Crippen LogP contribution in [0, 0.1) is 0 Å². The van der Waals surface area contributed by atoms with Gasteiger partial charge >= 0.3 is 13.3 Å². The molecule has 0 aliphatic carbocycles. The fourth-order valence-corrected chi connectivity index (χ4v) is 3.02. The highest BCUT2D eigenvalue weighted by atomic mass is 31.2. The maximum Gasteiger partial charge on any atom is 0.415 e. The molecule has 0 bridgehead atoms. The van der Waals surface area contributed by atoms with Crippen LogP contribution in [0.2, 0.25) is 0 Å². The van der Waals surface area contributed by atoms with Crippen LogP contribution in [0.3, 0.4) is 0 Å². The molecule has 0 aliphatic heterocycles. The van der Waals surface area contributed by atoms with E-state index < -0.39 is 13.3 Å². The number of anilines is 2. The lowest BCUT2D eigenvalue weighted by molar-refractivity contribution is -0.331. The Hall–Kier alpha value is -1.82. The molecular weight excluding hydrogens is 355 g/mol. The molecule has 2 rings (SSSR count). The smallest absolute Gasteiger partial charge is 0.382 e. The summed E-state index contributed by atoms with van der Waals surface area (Å²) in [6.45, 7) is 3.10. The quantitative estimate of drug-likeness (QED) is 0.338. The van der Waals surface area contributed by atoms with E-state index in [1.54, 1.807) is 18.4 Å². The van der Waals surface area contributed by atoms with Crippen molar-refractivity contribution in [3.05, 3.63) is 6.33 Å². The second kappa shape index (κ2) is 7.60. The summed E-state index contributed by atoms with van der Waals surface area (Å²) in [6, 6.07) is 0. The minimum Gasteiger partial charge on any atom is -0.382 e. The Bertz CT molecular complexity index is 771. The number of nitrogens with two attached hydrogens (primary N) is 2. The summed E-state index contributed by atoms with van der Waals surface area (Å²) in [6.07, 6.45) is 1.44. The Morgan fingerprint density at radius 1 is 1.20 bits per heavy atom. The van der Waals surface area contributed by atoms with Gasteiger partial charge in [-0.1, -0.05) is 0 Å². The molecule has 12 nitrogen and oxygen atoms in total. The molecule has 13 heteroatoms. The first-order valence-corrected chi connectivity index (χ1v) is 9.06. The van der Waals surface area contributed by atoms with Crippen molar-refractivity contribution in [1.82, 2.24) is 19.5 Å². The van der Waals surface area contributed by atoms with Gasteiger partial charge in [-0.3, -0.25) is 4.57 Å². The fraction of sp³-hybridized carbons (Fsp3) is 0.583. The van der Waals surface area contributed by atoms with E-state index in [0.717, 1.165) is 0 Å². The number of nitrogen functional groups attached to an aromatic ring is 2. The molecule has 140 valence electrons. The number of hydrogen-bond donors (Lipinski definition) is 4. The molecule has 0 aliphatic rings. The second-order valence-electron chi connectivity index (χ2n) is 4.86. The van der Waals surface area contributed by atoms with Crippen molar-refractivity contribution in [1.29, 1.82) is 0 Å². The van der Waals surface area contributed by atoms with Gasteiger partial charge in [-0.15, -0.1) is 0 Å². The van der Waals surface area contributed by atoms with E-state index in [9.17, 15) is 14.4 Å². The van der Waals surface area contributed by atoms with Crippen LogP contribution < -0.4 is 11.5 Å². The number of aromatic nitrogens is 4. The topological polar surface area (TPSA) is 181 Å². The number of rotatable bonds is 9. The van der Waals surface area contributed by atoms with Gasteiger partial charge in [-0.05, 0) is 13.8 Å². The number of hydrogen-bond acceptors (Lipinski definition) is 9. The molecule has 0 amide bonds. The lowest BCUT2D eigenvalue weighted by atomic mass is 10.5. The predicted octanol–water partition coefficient (Wildman–Crippen LogP) is -0.131. The van der Waals surface area contributed by atoms with Gasteiger partial charge in [-0.2, -0.15) is 9.97 Å². The SMILES string of the molecule is CCOC(OCC)(OCCn1cnc2c(N)nc(N)nc21)P(=O)(O)O. The van der Waals surface area contributed by atoms with Crippen LogP contribution in [0.15, 0.2) is 6.33 Å². The molecule has 0 aromatic carbocycles. The van der Waals surface area contributed by atoms with E-state index in [-0.39, 0.29) is 38.1 Å². The van der Waals surface area contributed by atoms with Crippen LogP contribution in [-0.4, -0.2) is 54.8 Å². The van der Waals surface area contributed by atoms with Crippen LogP contribution in [-0.2, 0) is 25.3 Å². The maximum atomic E-state index is 11.8. The third-order valence-electron chi connectivity index (χ3n) is 3.14. The van der Waals surface area contributed by atoms with Crippen molar-refractivity contribution < 1.29 is 28.6 Å². The van der Waals surface area contributed by atoms with Crippen LogP contribution in [0.1, 0.15) is 13.8 Å². The summed E-state index contributed by atoms with van der Waals surface area (Å²) in [7, 11) is -4.87. The molecule has 0 saturated carbocycles. The summed E-state index contributed by atoms with van der Waals surface area (Å²) in [5, 5.41) is 0. The Balaban J connectivity index is 2.18. The lowest BCUT2D eigenvalue weighted by Crippen LogP contribution is -2.40. The van der Waals surface area contributed by atoms with Gasteiger partial charge in [0, 0.05) is 6.54 Å². The number of ether oxygens (including phenoxy) is 3. The zero-order chi connectivity index (χ0) is 18.7. The monoisotopic (exact) mass is 376 g/mol. The summed E-state index contributed by atoms with van der Waals surface area (Å²) < 4.78 is 28.8. The maximum absolute atomic E-state index is 11.8. The van der Waals surface area contributed by atoms with Crippen LogP contribution >= 0.6 is 7.60 Å². The first-order chi connectivity index (χ1) is 11.7. The fourth-order valence-electron chi connectivity index (χ4n) is 2.16. The molecule has 0 saturated heterocycles. The Morgan fingerprint density at radius 3 is 2.40 bits per heavy atom. The molecule has 0 radical (unpaired) electrons. The third kappa shape index (κ3) is 4.06. The highest BCUT2D eigenvalue weighted by Gasteiger charge is 2.51. The van der Waals surface area contributed by atoms with Crippen molar-refractivity contribution in [2.24, 2.45) is 0 Å². The van der Waals surface area contributed by atoms with Gasteiger partial charge in [0.2, 0.25) is 5.95 Å². The highest BCUT2D eigenvalue weighted by Crippen LogP contribution is 2.52. The molecule has 2 aromatic heterocycles. The van der Waals surface area contributed by atoms with Crippen LogP contribution in [0.4, 0.5) is 11.8 Å². The summed E-state index contributed by atoms with van der Waals surface area (Å²) in [4.78, 5) is 31.1. The average Bonchev–Trinajstić information content (AvgIpc) is 2.90. The van der Waals surface area contributed by atoms with Crippen molar-refractivity contribution >= 4 is 30.5 Å². The third-order valence-corrected chi connectivity index (χ3v) is 4.24. The van der Waals surface area contributed by atoms with E-state index in [4.69, 9.17) is 25.7 Å². The van der Waals surface area contributed by atoms with Gasteiger partial charge in [0.05, 0.1) is 26.1 Å². The Morgan fingerprint density at radius 2 is 1.84 bits per heavy atom. The number of imidazole rings is 1. The standard InChI is InChI=1S/C12H21N6O6P/c1-3-22-12(23-4-2,25(19,20)21)24-6-5-18-7-15-8-9(13)16-11(14)17-10(8)18/h7H,3-6H2,1-2H3,(H2,19,20,21)(H4,13,14,16,17). The summed E-state index contributed by atoms with van der Waals surface area (Å²) >= 11 is 0. The Kier molecular flexibility index (Phi) is 5.93. The summed E-state index contributed by atoms with van der Waals surface area (Å²) in [5.74, 6) is 0.122. The first-order valence-electron chi connectivity index (χ1n) is 7.45. The molecule has 0 spiro atoms. The first kappa shape index (κ1) is 19.5. The molecule has 2 heterocycles. The minimum absolute atomic E-state index is 0.0131. The highest BCUT2D eigenvalue weighted by molar-refractivity contribution is 7.52. The average molecular weight is 376 g/mol. The normalized spacial score (nSPS) is 12.8. The number of fused-ring (bicyclic) bond motifs is 1. The Labute approximate surface area is 143 Å². The van der Waals surface area contributed by atoms with Gasteiger partial charge in [0.1, 0.15) is 5.52 Å². The largest absolute Gasteiger partial charge is 0.415 e. The van der Waals surface area contributed by atoms with Crippen LogP contribution in [0.5, 0.6) is 0 Å². The van der Waals surface area contributed by atoms with Gasteiger partial charge in [0.15, 0.2) is 11.5 Å². The summed E-state index contributed by atoms with van der Waals surface area (Å²) in [5.41, 5.74) is 9.58. The molecule has 0 unspecified atom stereocenters. The molecule has 0 fully saturated rings. The molecule has 2 aromatic rings. The minimum atomic E-state index is -4.87. The second-order valence-corrected chi connectivity index (χ2v) is 6.50.